The van der Waals surface area contributed by atoms with Gasteiger partial charge in [0.2, 0.25) is 0 Å². The van der Waals surface area contributed by atoms with Crippen LogP contribution in [0.15, 0.2) is 36.4 Å². The minimum absolute atomic E-state index is 0.0556. The van der Waals surface area contributed by atoms with Crippen molar-refractivity contribution in [2.45, 2.75) is 6.92 Å². The second-order valence-electron chi connectivity index (χ2n) is 6.86. The van der Waals surface area contributed by atoms with Gasteiger partial charge in [0.05, 0.1) is 5.02 Å². The van der Waals surface area contributed by atoms with E-state index in [1.54, 1.807) is 19.1 Å². The third-order valence-corrected chi connectivity index (χ3v) is 5.33. The number of ketones is 1. The van der Waals surface area contributed by atoms with Gasteiger partial charge in [0, 0.05) is 43.0 Å². The number of amides is 1. The van der Waals surface area contributed by atoms with E-state index in [2.05, 4.69) is 4.90 Å². The number of Topliss-reactive ketones (excluding diaryl/α,β-unsaturated/α-hetero) is 1. The van der Waals surface area contributed by atoms with Gasteiger partial charge in [0.1, 0.15) is 13.2 Å². The lowest BCUT2D eigenvalue weighted by molar-refractivity contribution is 0.0745. The summed E-state index contributed by atoms with van der Waals surface area (Å²) in [5.41, 5.74) is 2.26. The van der Waals surface area contributed by atoms with Crippen LogP contribution in [0.5, 0.6) is 11.5 Å². The van der Waals surface area contributed by atoms with Crippen LogP contribution >= 0.6 is 11.6 Å². The third-order valence-electron chi connectivity index (χ3n) is 5.05. The summed E-state index contributed by atoms with van der Waals surface area (Å²) in [6, 6.07) is 10.9. The molecule has 2 aromatic rings. The molecule has 0 unspecified atom stereocenters. The van der Waals surface area contributed by atoms with Crippen LogP contribution in [0.1, 0.15) is 27.6 Å². The minimum Gasteiger partial charge on any atom is -0.486 e. The maximum absolute atomic E-state index is 12.9. The maximum atomic E-state index is 12.9. The number of rotatable bonds is 3. The van der Waals surface area contributed by atoms with Crippen molar-refractivity contribution in [3.63, 3.8) is 0 Å². The highest BCUT2D eigenvalue weighted by molar-refractivity contribution is 6.32. The molecule has 2 aliphatic rings. The molecule has 4 rings (SSSR count). The lowest BCUT2D eigenvalue weighted by Crippen LogP contribution is -2.48. The van der Waals surface area contributed by atoms with Gasteiger partial charge in [-0.05, 0) is 43.3 Å². The molecule has 2 aromatic carbocycles. The second kappa shape index (κ2) is 7.72. The predicted octanol–water partition coefficient (Wildman–Crippen LogP) is 3.28. The SMILES string of the molecule is CC(=O)c1ccc(N2CCN(C(=O)c3cc(Cl)c4c(c3)OCCO4)CC2)cc1. The molecule has 0 bridgehead atoms. The van der Waals surface area contributed by atoms with Crippen LogP contribution in [0.4, 0.5) is 5.69 Å². The Bertz CT molecular complexity index is 905. The largest absolute Gasteiger partial charge is 0.486 e. The Morgan fingerprint density at radius 1 is 0.929 bits per heavy atom. The first-order valence-corrected chi connectivity index (χ1v) is 9.65. The molecule has 0 atom stereocenters. The Labute approximate surface area is 168 Å². The van der Waals surface area contributed by atoms with Gasteiger partial charge in [-0.3, -0.25) is 9.59 Å². The molecule has 0 aromatic heterocycles. The normalized spacial score (nSPS) is 16.1. The van der Waals surface area contributed by atoms with E-state index in [4.69, 9.17) is 21.1 Å². The smallest absolute Gasteiger partial charge is 0.254 e. The Balaban J connectivity index is 1.43. The lowest BCUT2D eigenvalue weighted by atomic mass is 10.1. The summed E-state index contributed by atoms with van der Waals surface area (Å²) >= 11 is 6.26. The molecular weight excluding hydrogens is 380 g/mol. The van der Waals surface area contributed by atoms with Crippen LogP contribution in [0.2, 0.25) is 5.02 Å². The number of carbonyl (C=O) groups excluding carboxylic acids is 2. The Morgan fingerprint density at radius 2 is 1.61 bits per heavy atom. The molecule has 0 spiro atoms. The number of ether oxygens (including phenoxy) is 2. The van der Waals surface area contributed by atoms with Gasteiger partial charge in [-0.15, -0.1) is 0 Å². The van der Waals surface area contributed by atoms with Crippen LogP contribution < -0.4 is 14.4 Å². The first-order chi connectivity index (χ1) is 13.5. The van der Waals surface area contributed by atoms with Crippen LogP contribution in [-0.2, 0) is 0 Å². The van der Waals surface area contributed by atoms with Gasteiger partial charge in [-0.1, -0.05) is 11.6 Å². The van der Waals surface area contributed by atoms with Crippen molar-refractivity contribution in [3.05, 3.63) is 52.5 Å². The Morgan fingerprint density at radius 3 is 2.29 bits per heavy atom. The van der Waals surface area contributed by atoms with E-state index in [-0.39, 0.29) is 11.7 Å². The van der Waals surface area contributed by atoms with Gasteiger partial charge in [-0.2, -0.15) is 0 Å². The van der Waals surface area contributed by atoms with Gasteiger partial charge >= 0.3 is 0 Å². The first-order valence-electron chi connectivity index (χ1n) is 9.27. The van der Waals surface area contributed by atoms with E-state index in [1.165, 1.54) is 0 Å². The number of halogens is 1. The highest BCUT2D eigenvalue weighted by atomic mass is 35.5. The summed E-state index contributed by atoms with van der Waals surface area (Å²) in [7, 11) is 0. The number of anilines is 1. The van der Waals surface area contributed by atoms with Crippen molar-refractivity contribution in [2.24, 2.45) is 0 Å². The number of hydrogen-bond donors (Lipinski definition) is 0. The number of hydrogen-bond acceptors (Lipinski definition) is 5. The summed E-state index contributed by atoms with van der Waals surface area (Å²) in [6.07, 6.45) is 0. The molecule has 0 saturated carbocycles. The Hall–Kier alpha value is -2.73. The monoisotopic (exact) mass is 400 g/mol. The van der Waals surface area contributed by atoms with Gasteiger partial charge < -0.3 is 19.3 Å². The molecule has 0 radical (unpaired) electrons. The fraction of sp³-hybridized carbons (Fsp3) is 0.333. The zero-order chi connectivity index (χ0) is 19.7. The van der Waals surface area contributed by atoms with E-state index in [0.29, 0.717) is 54.0 Å². The van der Waals surface area contributed by atoms with Crippen molar-refractivity contribution < 1.29 is 19.1 Å². The molecule has 6 nitrogen and oxygen atoms in total. The van der Waals surface area contributed by atoms with E-state index in [9.17, 15) is 9.59 Å². The average Bonchev–Trinajstić information content (AvgIpc) is 2.73. The van der Waals surface area contributed by atoms with E-state index in [1.807, 2.05) is 29.2 Å². The maximum Gasteiger partial charge on any atom is 0.254 e. The van der Waals surface area contributed by atoms with Crippen LogP contribution in [0.25, 0.3) is 0 Å². The zero-order valence-electron chi connectivity index (χ0n) is 15.6. The standard InChI is InChI=1S/C21H21ClN2O4/c1-14(25)15-2-4-17(5-3-15)23-6-8-24(9-7-23)21(26)16-12-18(22)20-19(13-16)27-10-11-28-20/h2-5,12-13H,6-11H2,1H3. The number of fused-ring (bicyclic) bond motifs is 1. The molecule has 1 amide bonds. The molecule has 146 valence electrons. The van der Waals surface area contributed by atoms with Gasteiger partial charge in [0.25, 0.3) is 5.91 Å². The molecule has 0 N–H and O–H groups in total. The van der Waals surface area contributed by atoms with Crippen LogP contribution in [0, 0.1) is 0 Å². The third kappa shape index (κ3) is 3.64. The van der Waals surface area contributed by atoms with Gasteiger partial charge in [-0.25, -0.2) is 0 Å². The number of nitrogens with zero attached hydrogens (tertiary/aromatic N) is 2. The molecule has 2 aliphatic heterocycles. The molecular formula is C21H21ClN2O4. The number of benzene rings is 2. The van der Waals surface area contributed by atoms with Crippen molar-refractivity contribution >= 4 is 29.0 Å². The fourth-order valence-electron chi connectivity index (χ4n) is 3.49. The second-order valence-corrected chi connectivity index (χ2v) is 7.27. The molecule has 1 fully saturated rings. The molecule has 7 heteroatoms. The van der Waals surface area contributed by atoms with E-state index < -0.39 is 0 Å². The molecule has 2 heterocycles. The number of piperazine rings is 1. The Kier molecular flexibility index (Phi) is 5.13. The van der Waals surface area contributed by atoms with Crippen molar-refractivity contribution in [3.8, 4) is 11.5 Å². The predicted molar refractivity (Wildman–Crippen MR) is 107 cm³/mol. The summed E-state index contributed by atoms with van der Waals surface area (Å²) in [5, 5.41) is 0.393. The first kappa shape index (κ1) is 18.6. The average molecular weight is 401 g/mol. The highest BCUT2D eigenvalue weighted by Gasteiger charge is 2.25. The summed E-state index contributed by atoms with van der Waals surface area (Å²) in [4.78, 5) is 28.4. The lowest BCUT2D eigenvalue weighted by Gasteiger charge is -2.36. The topological polar surface area (TPSA) is 59.1 Å². The fourth-order valence-corrected chi connectivity index (χ4v) is 3.76. The van der Waals surface area contributed by atoms with E-state index >= 15 is 0 Å². The quantitative estimate of drug-likeness (QED) is 0.740. The highest BCUT2D eigenvalue weighted by Crippen LogP contribution is 2.38. The van der Waals surface area contributed by atoms with Gasteiger partial charge in [0.15, 0.2) is 17.3 Å². The molecule has 28 heavy (non-hydrogen) atoms. The molecule has 1 saturated heterocycles. The van der Waals surface area contributed by atoms with Crippen molar-refractivity contribution in [1.82, 2.24) is 4.90 Å². The molecule has 0 aliphatic carbocycles. The minimum atomic E-state index is -0.0644. The van der Waals surface area contributed by atoms with Crippen molar-refractivity contribution in [1.29, 1.82) is 0 Å². The zero-order valence-corrected chi connectivity index (χ0v) is 16.4. The van der Waals surface area contributed by atoms with Crippen LogP contribution in [-0.4, -0.2) is 56.0 Å². The van der Waals surface area contributed by atoms with Crippen molar-refractivity contribution in [2.75, 3.05) is 44.3 Å². The van der Waals surface area contributed by atoms with E-state index in [0.717, 1.165) is 18.8 Å². The number of carbonyl (C=O) groups is 2. The van der Waals surface area contributed by atoms with Crippen LogP contribution in [0.3, 0.4) is 0 Å². The summed E-state index contributed by atoms with van der Waals surface area (Å²) in [5.74, 6) is 1.01. The summed E-state index contributed by atoms with van der Waals surface area (Å²) in [6.45, 7) is 5.13. The summed E-state index contributed by atoms with van der Waals surface area (Å²) < 4.78 is 11.1.